The largest absolute Gasteiger partial charge is 0.299 e. The minimum atomic E-state index is -0.288. The molecule has 1 nitrogen and oxygen atoms in total. The predicted octanol–water partition coefficient (Wildman–Crippen LogP) is 4.42. The Bertz CT molecular complexity index is 470. The first-order chi connectivity index (χ1) is 8.80. The Morgan fingerprint density at radius 1 is 1.21 bits per heavy atom. The van der Waals surface area contributed by atoms with Crippen LogP contribution in [-0.2, 0) is 10.2 Å². The van der Waals surface area contributed by atoms with Crippen LogP contribution >= 0.6 is 0 Å². The van der Waals surface area contributed by atoms with Crippen LogP contribution in [0.3, 0.4) is 0 Å². The van der Waals surface area contributed by atoms with E-state index in [-0.39, 0.29) is 17.2 Å². The van der Waals surface area contributed by atoms with E-state index in [1.807, 2.05) is 13.0 Å². The second-order valence-electron chi connectivity index (χ2n) is 6.64. The van der Waals surface area contributed by atoms with E-state index >= 15 is 0 Å². The lowest BCUT2D eigenvalue weighted by Crippen LogP contribution is -2.38. The molecule has 1 aliphatic carbocycles. The van der Waals surface area contributed by atoms with E-state index in [2.05, 4.69) is 20.8 Å². The molecule has 0 radical (unpaired) electrons. The Hall–Kier alpha value is -1.18. The molecular weight excluding hydrogens is 239 g/mol. The number of Topliss-reactive ketones (excluding diaryl/α,β-unsaturated/α-hetero) is 1. The van der Waals surface area contributed by atoms with Crippen molar-refractivity contribution in [2.24, 2.45) is 11.8 Å². The van der Waals surface area contributed by atoms with Gasteiger partial charge in [-0.2, -0.15) is 0 Å². The van der Waals surface area contributed by atoms with Gasteiger partial charge in [-0.1, -0.05) is 26.8 Å². The molecule has 0 spiro atoms. The molecule has 0 N–H and O–H groups in total. The monoisotopic (exact) mass is 262 g/mol. The normalized spacial score (nSPS) is 24.6. The number of halogens is 1. The van der Waals surface area contributed by atoms with Gasteiger partial charge in [0.1, 0.15) is 11.6 Å². The second-order valence-corrected chi connectivity index (χ2v) is 6.64. The fourth-order valence-electron chi connectivity index (χ4n) is 3.27. The van der Waals surface area contributed by atoms with E-state index < -0.39 is 0 Å². The predicted molar refractivity (Wildman–Crippen MR) is 75.7 cm³/mol. The van der Waals surface area contributed by atoms with Gasteiger partial charge in [0, 0.05) is 12.3 Å². The van der Waals surface area contributed by atoms with Gasteiger partial charge in [-0.25, -0.2) is 4.39 Å². The zero-order valence-corrected chi connectivity index (χ0v) is 12.3. The summed E-state index contributed by atoms with van der Waals surface area (Å²) in [7, 11) is 0. The lowest BCUT2D eigenvalue weighted by molar-refractivity contribution is -0.128. The zero-order valence-electron chi connectivity index (χ0n) is 12.3. The third-order valence-electron chi connectivity index (χ3n) is 4.54. The first kappa shape index (κ1) is 14.2. The van der Waals surface area contributed by atoms with E-state index in [0.29, 0.717) is 18.1 Å². The molecule has 1 saturated carbocycles. The number of rotatable bonds is 2. The summed E-state index contributed by atoms with van der Waals surface area (Å²) in [6.07, 6.45) is 2.68. The minimum Gasteiger partial charge on any atom is -0.299 e. The summed E-state index contributed by atoms with van der Waals surface area (Å²) < 4.78 is 13.6. The summed E-state index contributed by atoms with van der Waals surface area (Å²) >= 11 is 0. The van der Waals surface area contributed by atoms with Gasteiger partial charge in [0.05, 0.1) is 0 Å². The van der Waals surface area contributed by atoms with Gasteiger partial charge in [-0.3, -0.25) is 4.79 Å². The molecule has 104 valence electrons. The van der Waals surface area contributed by atoms with Crippen molar-refractivity contribution in [3.05, 3.63) is 35.1 Å². The van der Waals surface area contributed by atoms with Gasteiger partial charge in [0.15, 0.2) is 0 Å². The number of aryl methyl sites for hydroxylation is 1. The summed E-state index contributed by atoms with van der Waals surface area (Å²) in [5.41, 5.74) is 1.57. The maximum atomic E-state index is 13.6. The number of carbonyl (C=O) groups excluding carboxylic acids is 1. The standard InChI is InChI=1S/C17H23FO/c1-11-5-6-15(16(19)9-11)17(3,4)13-7-12(2)8-14(18)10-13/h7-8,10-11,15H,5-6,9H2,1-4H3. The quantitative estimate of drug-likeness (QED) is 0.771. The fourth-order valence-corrected chi connectivity index (χ4v) is 3.27. The van der Waals surface area contributed by atoms with Crippen LogP contribution in [0.15, 0.2) is 18.2 Å². The van der Waals surface area contributed by atoms with Gasteiger partial charge in [0.25, 0.3) is 0 Å². The summed E-state index contributed by atoms with van der Waals surface area (Å²) in [5, 5.41) is 0. The average molecular weight is 262 g/mol. The third-order valence-corrected chi connectivity index (χ3v) is 4.54. The Kier molecular flexibility index (Phi) is 3.80. The van der Waals surface area contributed by atoms with E-state index in [0.717, 1.165) is 24.0 Å². The number of carbonyl (C=O) groups is 1. The Labute approximate surface area is 115 Å². The Morgan fingerprint density at radius 3 is 2.47 bits per heavy atom. The van der Waals surface area contributed by atoms with Crippen LogP contribution in [0, 0.1) is 24.6 Å². The van der Waals surface area contributed by atoms with Crippen LogP contribution in [0.2, 0.25) is 0 Å². The van der Waals surface area contributed by atoms with Crippen molar-refractivity contribution in [2.45, 2.75) is 52.4 Å². The van der Waals surface area contributed by atoms with Crippen LogP contribution in [0.25, 0.3) is 0 Å². The summed E-state index contributed by atoms with van der Waals surface area (Å²) in [5.74, 6) is 0.643. The molecule has 0 aliphatic heterocycles. The molecule has 0 amide bonds. The SMILES string of the molecule is Cc1cc(F)cc(C(C)(C)C2CCC(C)CC2=O)c1. The molecule has 0 saturated heterocycles. The van der Waals surface area contributed by atoms with E-state index in [9.17, 15) is 9.18 Å². The highest BCUT2D eigenvalue weighted by Crippen LogP contribution is 2.40. The maximum absolute atomic E-state index is 13.6. The Balaban J connectivity index is 2.33. The van der Waals surface area contributed by atoms with Crippen molar-refractivity contribution in [1.82, 2.24) is 0 Å². The lowest BCUT2D eigenvalue weighted by atomic mass is 9.65. The highest BCUT2D eigenvalue weighted by molar-refractivity contribution is 5.83. The van der Waals surface area contributed by atoms with Crippen molar-refractivity contribution in [2.75, 3.05) is 0 Å². The van der Waals surface area contributed by atoms with Crippen LogP contribution in [0.5, 0.6) is 0 Å². The highest BCUT2D eigenvalue weighted by Gasteiger charge is 2.39. The van der Waals surface area contributed by atoms with E-state index in [1.54, 1.807) is 6.07 Å². The molecule has 2 rings (SSSR count). The maximum Gasteiger partial charge on any atom is 0.137 e. The zero-order chi connectivity index (χ0) is 14.2. The molecule has 1 aromatic carbocycles. The summed E-state index contributed by atoms with van der Waals surface area (Å²) in [6, 6.07) is 5.12. The summed E-state index contributed by atoms with van der Waals surface area (Å²) in [6.45, 7) is 8.17. The van der Waals surface area contributed by atoms with Gasteiger partial charge < -0.3 is 0 Å². The molecule has 2 atom stereocenters. The molecule has 2 heteroatoms. The number of ketones is 1. The van der Waals surface area contributed by atoms with Crippen molar-refractivity contribution < 1.29 is 9.18 Å². The molecule has 19 heavy (non-hydrogen) atoms. The van der Waals surface area contributed by atoms with E-state index in [1.165, 1.54) is 6.07 Å². The minimum absolute atomic E-state index is 0.0184. The average Bonchev–Trinajstić information content (AvgIpc) is 2.26. The molecule has 2 unspecified atom stereocenters. The molecule has 1 aromatic rings. The number of hydrogen-bond donors (Lipinski definition) is 0. The topological polar surface area (TPSA) is 17.1 Å². The molecule has 1 fully saturated rings. The molecule has 1 aliphatic rings. The van der Waals surface area contributed by atoms with Crippen molar-refractivity contribution in [3.8, 4) is 0 Å². The van der Waals surface area contributed by atoms with E-state index in [4.69, 9.17) is 0 Å². The molecular formula is C17H23FO. The van der Waals surface area contributed by atoms with Crippen LogP contribution < -0.4 is 0 Å². The Morgan fingerprint density at radius 2 is 1.89 bits per heavy atom. The van der Waals surface area contributed by atoms with Crippen LogP contribution in [-0.4, -0.2) is 5.78 Å². The fraction of sp³-hybridized carbons (Fsp3) is 0.588. The summed E-state index contributed by atoms with van der Waals surface area (Å²) in [4.78, 5) is 12.3. The van der Waals surface area contributed by atoms with Gasteiger partial charge in [0.2, 0.25) is 0 Å². The van der Waals surface area contributed by atoms with Crippen LogP contribution in [0.4, 0.5) is 4.39 Å². The molecule has 0 aromatic heterocycles. The number of benzene rings is 1. The van der Waals surface area contributed by atoms with Gasteiger partial charge in [-0.05, 0) is 54.4 Å². The third kappa shape index (κ3) is 2.88. The molecule has 0 bridgehead atoms. The van der Waals surface area contributed by atoms with Crippen molar-refractivity contribution in [3.63, 3.8) is 0 Å². The molecule has 0 heterocycles. The highest BCUT2D eigenvalue weighted by atomic mass is 19.1. The first-order valence-electron chi connectivity index (χ1n) is 7.11. The first-order valence-corrected chi connectivity index (χ1v) is 7.11. The van der Waals surface area contributed by atoms with Gasteiger partial charge >= 0.3 is 0 Å². The van der Waals surface area contributed by atoms with Crippen LogP contribution in [0.1, 0.15) is 51.2 Å². The van der Waals surface area contributed by atoms with Crippen molar-refractivity contribution >= 4 is 5.78 Å². The smallest absolute Gasteiger partial charge is 0.137 e. The lowest BCUT2D eigenvalue weighted by Gasteiger charge is -2.38. The number of hydrogen-bond acceptors (Lipinski definition) is 1. The van der Waals surface area contributed by atoms with Crippen molar-refractivity contribution in [1.29, 1.82) is 0 Å². The second kappa shape index (κ2) is 5.07. The van der Waals surface area contributed by atoms with Gasteiger partial charge in [-0.15, -0.1) is 0 Å².